The van der Waals surface area contributed by atoms with Crippen molar-refractivity contribution in [2.75, 3.05) is 24.6 Å². The van der Waals surface area contributed by atoms with Gasteiger partial charge in [0, 0.05) is 42.6 Å². The molecule has 1 aromatic rings. The highest BCUT2D eigenvalue weighted by atomic mass is 16.5. The maximum Gasteiger partial charge on any atom is 0.225 e. The largest absolute Gasteiger partial charge is 0.372 e. The molecule has 1 aliphatic rings. The number of hydrogen-bond acceptors (Lipinski definition) is 5. The van der Waals surface area contributed by atoms with Crippen molar-refractivity contribution >= 4 is 5.95 Å². The third-order valence-electron chi connectivity index (χ3n) is 3.59. The molecule has 2 rings (SSSR count). The van der Waals surface area contributed by atoms with Crippen molar-refractivity contribution in [1.82, 2.24) is 15.3 Å². The van der Waals surface area contributed by atoms with E-state index >= 15 is 0 Å². The van der Waals surface area contributed by atoms with E-state index in [4.69, 9.17) is 4.74 Å². The molecule has 0 amide bonds. The minimum atomic E-state index is -0.137. The minimum absolute atomic E-state index is 0.0966. The Hall–Kier alpha value is -1.20. The second-order valence-corrected chi connectivity index (χ2v) is 7.41. The standard InChI is InChI=1S/C16H28N4O/c1-12-13(10-18-15(2,3)4)9-17-14(19-12)20-7-8-21-16(5,6)11-20/h9,18H,7-8,10-11H2,1-6H3. The first-order valence-electron chi connectivity index (χ1n) is 7.63. The van der Waals surface area contributed by atoms with Gasteiger partial charge in [-0.3, -0.25) is 0 Å². The predicted octanol–water partition coefficient (Wildman–Crippen LogP) is 2.29. The molecule has 5 heteroatoms. The van der Waals surface area contributed by atoms with Crippen LogP contribution >= 0.6 is 0 Å². The molecule has 1 fully saturated rings. The van der Waals surface area contributed by atoms with Gasteiger partial charge in [0.2, 0.25) is 5.95 Å². The fourth-order valence-electron chi connectivity index (χ4n) is 2.35. The molecule has 1 aliphatic heterocycles. The molecule has 1 aromatic heterocycles. The van der Waals surface area contributed by atoms with Gasteiger partial charge in [-0.05, 0) is 41.5 Å². The van der Waals surface area contributed by atoms with Gasteiger partial charge in [-0.25, -0.2) is 9.97 Å². The average Bonchev–Trinajstić information content (AvgIpc) is 2.35. The van der Waals surface area contributed by atoms with Crippen molar-refractivity contribution in [2.24, 2.45) is 0 Å². The third-order valence-corrected chi connectivity index (χ3v) is 3.59. The monoisotopic (exact) mass is 292 g/mol. The summed E-state index contributed by atoms with van der Waals surface area (Å²) in [4.78, 5) is 11.4. The maximum absolute atomic E-state index is 5.74. The summed E-state index contributed by atoms with van der Waals surface area (Å²) in [6, 6.07) is 0. The highest BCUT2D eigenvalue weighted by molar-refractivity contribution is 5.34. The summed E-state index contributed by atoms with van der Waals surface area (Å²) in [5.74, 6) is 0.809. The van der Waals surface area contributed by atoms with Gasteiger partial charge in [-0.15, -0.1) is 0 Å². The van der Waals surface area contributed by atoms with Crippen molar-refractivity contribution in [2.45, 2.75) is 59.2 Å². The molecule has 0 saturated carbocycles. The molecule has 0 bridgehead atoms. The van der Waals surface area contributed by atoms with Crippen LogP contribution in [0.3, 0.4) is 0 Å². The Kier molecular flexibility index (Phi) is 4.54. The van der Waals surface area contributed by atoms with Crippen LogP contribution in [0.25, 0.3) is 0 Å². The summed E-state index contributed by atoms with van der Waals surface area (Å²) in [7, 11) is 0. The van der Waals surface area contributed by atoms with Gasteiger partial charge in [0.25, 0.3) is 0 Å². The van der Waals surface area contributed by atoms with Crippen molar-refractivity contribution < 1.29 is 4.74 Å². The maximum atomic E-state index is 5.74. The highest BCUT2D eigenvalue weighted by Crippen LogP contribution is 2.21. The molecule has 0 unspecified atom stereocenters. The van der Waals surface area contributed by atoms with E-state index in [1.54, 1.807) is 0 Å². The number of nitrogens with one attached hydrogen (secondary N) is 1. The lowest BCUT2D eigenvalue weighted by Crippen LogP contribution is -2.49. The fraction of sp³-hybridized carbons (Fsp3) is 0.750. The summed E-state index contributed by atoms with van der Waals surface area (Å²) >= 11 is 0. The highest BCUT2D eigenvalue weighted by Gasteiger charge is 2.28. The van der Waals surface area contributed by atoms with Crippen LogP contribution in [0.5, 0.6) is 0 Å². The molecular formula is C16H28N4O. The first-order chi connectivity index (χ1) is 9.66. The van der Waals surface area contributed by atoms with Gasteiger partial charge in [-0.2, -0.15) is 0 Å². The van der Waals surface area contributed by atoms with Crippen LogP contribution in [0.1, 0.15) is 45.9 Å². The Morgan fingerprint density at radius 3 is 2.67 bits per heavy atom. The van der Waals surface area contributed by atoms with Crippen LogP contribution in [0.2, 0.25) is 0 Å². The van der Waals surface area contributed by atoms with Gasteiger partial charge >= 0.3 is 0 Å². The molecule has 0 radical (unpaired) electrons. The summed E-state index contributed by atoms with van der Waals surface area (Å²) in [5, 5.41) is 3.48. The van der Waals surface area contributed by atoms with Crippen LogP contribution in [0.4, 0.5) is 5.95 Å². The van der Waals surface area contributed by atoms with Gasteiger partial charge in [0.1, 0.15) is 0 Å². The first-order valence-corrected chi connectivity index (χ1v) is 7.63. The molecule has 1 saturated heterocycles. The Balaban J connectivity index is 2.08. The topological polar surface area (TPSA) is 50.3 Å². The average molecular weight is 292 g/mol. The van der Waals surface area contributed by atoms with E-state index < -0.39 is 0 Å². The van der Waals surface area contributed by atoms with E-state index in [0.717, 1.165) is 43.4 Å². The quantitative estimate of drug-likeness (QED) is 0.926. The van der Waals surface area contributed by atoms with E-state index in [9.17, 15) is 0 Å². The molecule has 0 aromatic carbocycles. The van der Waals surface area contributed by atoms with E-state index in [1.807, 2.05) is 6.20 Å². The van der Waals surface area contributed by atoms with Gasteiger partial charge in [0.15, 0.2) is 0 Å². The minimum Gasteiger partial charge on any atom is -0.372 e. The van der Waals surface area contributed by atoms with E-state index in [2.05, 4.69) is 61.7 Å². The smallest absolute Gasteiger partial charge is 0.225 e. The second kappa shape index (κ2) is 5.89. The summed E-state index contributed by atoms with van der Waals surface area (Å²) in [6.07, 6.45) is 1.94. The van der Waals surface area contributed by atoms with Crippen LogP contribution in [-0.4, -0.2) is 40.8 Å². The van der Waals surface area contributed by atoms with Crippen LogP contribution in [0.15, 0.2) is 6.20 Å². The second-order valence-electron chi connectivity index (χ2n) is 7.41. The number of anilines is 1. The Morgan fingerprint density at radius 1 is 1.38 bits per heavy atom. The number of nitrogens with zero attached hydrogens (tertiary/aromatic N) is 3. The van der Waals surface area contributed by atoms with Gasteiger partial charge in [0.05, 0.1) is 12.2 Å². The number of rotatable bonds is 3. The number of aromatic nitrogens is 2. The van der Waals surface area contributed by atoms with Crippen LogP contribution in [0, 0.1) is 6.92 Å². The van der Waals surface area contributed by atoms with Gasteiger partial charge < -0.3 is 15.0 Å². The van der Waals surface area contributed by atoms with Crippen LogP contribution in [-0.2, 0) is 11.3 Å². The van der Waals surface area contributed by atoms with Crippen molar-refractivity contribution in [3.8, 4) is 0 Å². The SMILES string of the molecule is Cc1nc(N2CCOC(C)(C)C2)ncc1CNC(C)(C)C. The predicted molar refractivity (Wildman–Crippen MR) is 85.6 cm³/mol. The molecule has 5 nitrogen and oxygen atoms in total. The summed E-state index contributed by atoms with van der Waals surface area (Å²) in [6.45, 7) is 15.9. The number of aryl methyl sites for hydroxylation is 1. The van der Waals surface area contributed by atoms with Crippen molar-refractivity contribution in [1.29, 1.82) is 0 Å². The van der Waals surface area contributed by atoms with Gasteiger partial charge in [-0.1, -0.05) is 0 Å². The normalized spacial score (nSPS) is 18.9. The molecule has 0 spiro atoms. The number of morpholine rings is 1. The summed E-state index contributed by atoms with van der Waals surface area (Å²) in [5.41, 5.74) is 2.16. The third kappa shape index (κ3) is 4.64. The van der Waals surface area contributed by atoms with E-state index in [-0.39, 0.29) is 11.1 Å². The zero-order valence-electron chi connectivity index (χ0n) is 14.2. The molecule has 21 heavy (non-hydrogen) atoms. The lowest BCUT2D eigenvalue weighted by molar-refractivity contribution is -0.0281. The lowest BCUT2D eigenvalue weighted by atomic mass is 10.1. The molecular weight excluding hydrogens is 264 g/mol. The Morgan fingerprint density at radius 2 is 2.10 bits per heavy atom. The summed E-state index contributed by atoms with van der Waals surface area (Å²) < 4.78 is 5.74. The molecule has 2 heterocycles. The van der Waals surface area contributed by atoms with E-state index in [0.29, 0.717) is 0 Å². The lowest BCUT2D eigenvalue weighted by Gasteiger charge is -2.38. The van der Waals surface area contributed by atoms with Crippen molar-refractivity contribution in [3.05, 3.63) is 17.5 Å². The number of hydrogen-bond donors (Lipinski definition) is 1. The molecule has 0 atom stereocenters. The van der Waals surface area contributed by atoms with Crippen LogP contribution < -0.4 is 10.2 Å². The van der Waals surface area contributed by atoms with E-state index in [1.165, 1.54) is 0 Å². The zero-order valence-corrected chi connectivity index (χ0v) is 14.2. The Bertz CT molecular complexity index is 494. The van der Waals surface area contributed by atoms with Crippen molar-refractivity contribution in [3.63, 3.8) is 0 Å². The Labute approximate surface area is 128 Å². The first kappa shape index (κ1) is 16.2. The molecule has 118 valence electrons. The fourth-order valence-corrected chi connectivity index (χ4v) is 2.35. The number of ether oxygens (including phenoxy) is 1. The molecule has 0 aliphatic carbocycles. The molecule has 1 N–H and O–H groups in total. The zero-order chi connectivity index (χ0) is 15.7.